The number of piperidine rings is 1. The molecule has 0 bridgehead atoms. The third-order valence-corrected chi connectivity index (χ3v) is 4.14. The second kappa shape index (κ2) is 8.40. The number of rotatable bonds is 7. The first-order valence-electron chi connectivity index (χ1n) is 7.85. The molecule has 0 saturated carbocycles. The molecule has 1 saturated heterocycles. The molecule has 1 heterocycles. The summed E-state index contributed by atoms with van der Waals surface area (Å²) in [6.45, 7) is 7.65. The van der Waals surface area contributed by atoms with Gasteiger partial charge in [0.1, 0.15) is 0 Å². The Hall–Kier alpha value is -0.900. The van der Waals surface area contributed by atoms with Crippen molar-refractivity contribution in [2.24, 2.45) is 0 Å². The van der Waals surface area contributed by atoms with Gasteiger partial charge in [-0.3, -0.25) is 4.90 Å². The van der Waals surface area contributed by atoms with Gasteiger partial charge in [0.05, 0.1) is 6.10 Å². The van der Waals surface area contributed by atoms with E-state index in [1.54, 1.807) is 0 Å². The van der Waals surface area contributed by atoms with E-state index < -0.39 is 0 Å². The van der Waals surface area contributed by atoms with E-state index in [0.29, 0.717) is 6.10 Å². The molecule has 1 aromatic carbocycles. The maximum atomic E-state index is 5.42. The summed E-state index contributed by atoms with van der Waals surface area (Å²) in [5, 5.41) is 3.37. The lowest BCUT2D eigenvalue weighted by Crippen LogP contribution is -2.36. The van der Waals surface area contributed by atoms with E-state index in [-0.39, 0.29) is 0 Å². The zero-order valence-corrected chi connectivity index (χ0v) is 12.9. The Morgan fingerprint density at radius 2 is 1.80 bits per heavy atom. The molecule has 0 spiro atoms. The van der Waals surface area contributed by atoms with Crippen molar-refractivity contribution in [3.05, 3.63) is 35.4 Å². The Kier molecular flexibility index (Phi) is 6.51. The number of likely N-dealkylation sites (tertiary alicyclic amines) is 1. The third kappa shape index (κ3) is 4.89. The zero-order valence-electron chi connectivity index (χ0n) is 12.9. The molecular weight excluding hydrogens is 248 g/mol. The van der Waals surface area contributed by atoms with Gasteiger partial charge in [-0.2, -0.15) is 0 Å². The summed E-state index contributed by atoms with van der Waals surface area (Å²) in [5.74, 6) is 0. The van der Waals surface area contributed by atoms with Gasteiger partial charge in [-0.25, -0.2) is 0 Å². The normalized spacial score (nSPS) is 17.5. The van der Waals surface area contributed by atoms with Crippen molar-refractivity contribution < 1.29 is 4.74 Å². The molecule has 0 aliphatic carbocycles. The van der Waals surface area contributed by atoms with Crippen LogP contribution in [0.15, 0.2) is 24.3 Å². The van der Waals surface area contributed by atoms with Crippen LogP contribution in [0.1, 0.15) is 30.9 Å². The monoisotopic (exact) mass is 276 g/mol. The van der Waals surface area contributed by atoms with Crippen LogP contribution < -0.4 is 5.32 Å². The molecule has 0 aromatic heterocycles. The summed E-state index contributed by atoms with van der Waals surface area (Å²) < 4.78 is 5.42. The fourth-order valence-electron chi connectivity index (χ4n) is 2.78. The lowest BCUT2D eigenvalue weighted by molar-refractivity contribution is 0.0388. The van der Waals surface area contributed by atoms with E-state index in [0.717, 1.165) is 52.0 Å². The van der Waals surface area contributed by atoms with E-state index in [9.17, 15) is 0 Å². The smallest absolute Gasteiger partial charge is 0.0595 e. The molecule has 3 nitrogen and oxygen atoms in total. The van der Waals surface area contributed by atoms with E-state index in [1.165, 1.54) is 11.1 Å². The van der Waals surface area contributed by atoms with Crippen LogP contribution in [0, 0.1) is 0 Å². The highest BCUT2D eigenvalue weighted by atomic mass is 16.5. The Morgan fingerprint density at radius 1 is 1.15 bits per heavy atom. The van der Waals surface area contributed by atoms with Crippen molar-refractivity contribution in [3.8, 4) is 0 Å². The molecule has 1 aromatic rings. The Bertz CT molecular complexity index is 369. The van der Waals surface area contributed by atoms with Crippen LogP contribution in [0.2, 0.25) is 0 Å². The molecule has 0 unspecified atom stereocenters. The molecule has 1 aliphatic heterocycles. The first kappa shape index (κ1) is 15.5. The van der Waals surface area contributed by atoms with Crippen molar-refractivity contribution in [2.45, 2.75) is 38.8 Å². The number of hydrogen-bond donors (Lipinski definition) is 1. The molecule has 1 fully saturated rings. The molecule has 1 N–H and O–H groups in total. The third-order valence-electron chi connectivity index (χ3n) is 4.14. The lowest BCUT2D eigenvalue weighted by atomic mass is 10.1. The highest BCUT2D eigenvalue weighted by Crippen LogP contribution is 2.16. The first-order chi connectivity index (χ1) is 9.81. The van der Waals surface area contributed by atoms with Crippen LogP contribution >= 0.6 is 0 Å². The fraction of sp³-hybridized carbons (Fsp3) is 0.647. The number of benzene rings is 1. The van der Waals surface area contributed by atoms with Crippen molar-refractivity contribution in [3.63, 3.8) is 0 Å². The van der Waals surface area contributed by atoms with E-state index in [2.05, 4.69) is 41.4 Å². The number of nitrogens with zero attached hydrogens (tertiary/aromatic N) is 1. The molecular formula is C17H28N2O. The highest BCUT2D eigenvalue weighted by molar-refractivity contribution is 5.22. The van der Waals surface area contributed by atoms with Gasteiger partial charge in [0, 0.05) is 26.7 Å². The van der Waals surface area contributed by atoms with Gasteiger partial charge in [-0.05, 0) is 43.5 Å². The summed E-state index contributed by atoms with van der Waals surface area (Å²) in [6, 6.07) is 9.11. The van der Waals surface area contributed by atoms with Gasteiger partial charge >= 0.3 is 0 Å². The van der Waals surface area contributed by atoms with Crippen molar-refractivity contribution in [1.82, 2.24) is 10.2 Å². The molecule has 0 radical (unpaired) electrons. The standard InChI is InChI=1S/C17H28N2O/c1-3-18-11-8-15-4-6-16(7-5-15)14-19-12-9-17(20-2)10-13-19/h4-7,17-18H,3,8-14H2,1-2H3. The largest absolute Gasteiger partial charge is 0.381 e. The van der Waals surface area contributed by atoms with Gasteiger partial charge < -0.3 is 10.1 Å². The van der Waals surface area contributed by atoms with Gasteiger partial charge in [0.25, 0.3) is 0 Å². The average Bonchev–Trinajstić information content (AvgIpc) is 2.50. The van der Waals surface area contributed by atoms with E-state index >= 15 is 0 Å². The summed E-state index contributed by atoms with van der Waals surface area (Å²) in [4.78, 5) is 2.53. The summed E-state index contributed by atoms with van der Waals surface area (Å²) in [6.07, 6.45) is 3.92. The second-order valence-corrected chi connectivity index (χ2v) is 5.63. The first-order valence-corrected chi connectivity index (χ1v) is 7.85. The van der Waals surface area contributed by atoms with Crippen LogP contribution in [-0.2, 0) is 17.7 Å². The van der Waals surface area contributed by atoms with Crippen molar-refractivity contribution in [1.29, 1.82) is 0 Å². The van der Waals surface area contributed by atoms with Gasteiger partial charge in [0.15, 0.2) is 0 Å². The van der Waals surface area contributed by atoms with Crippen LogP contribution in [0.5, 0.6) is 0 Å². The molecule has 3 heteroatoms. The molecule has 1 aliphatic rings. The van der Waals surface area contributed by atoms with Crippen LogP contribution in [-0.4, -0.2) is 44.3 Å². The van der Waals surface area contributed by atoms with Crippen LogP contribution in [0.4, 0.5) is 0 Å². The minimum absolute atomic E-state index is 0.472. The molecule has 0 atom stereocenters. The van der Waals surface area contributed by atoms with Crippen LogP contribution in [0.25, 0.3) is 0 Å². The SMILES string of the molecule is CCNCCc1ccc(CN2CCC(OC)CC2)cc1. The predicted molar refractivity (Wildman–Crippen MR) is 84.0 cm³/mol. The molecule has 2 rings (SSSR count). The minimum atomic E-state index is 0.472. The second-order valence-electron chi connectivity index (χ2n) is 5.63. The Labute approximate surface area is 123 Å². The molecule has 20 heavy (non-hydrogen) atoms. The Balaban J connectivity index is 1.76. The van der Waals surface area contributed by atoms with Gasteiger partial charge in [-0.1, -0.05) is 31.2 Å². The average molecular weight is 276 g/mol. The quantitative estimate of drug-likeness (QED) is 0.774. The van der Waals surface area contributed by atoms with Crippen LogP contribution in [0.3, 0.4) is 0 Å². The number of nitrogens with one attached hydrogen (secondary N) is 1. The number of likely N-dealkylation sites (N-methyl/N-ethyl adjacent to an activating group) is 1. The van der Waals surface area contributed by atoms with Crippen molar-refractivity contribution in [2.75, 3.05) is 33.3 Å². The molecule has 112 valence electrons. The summed E-state index contributed by atoms with van der Waals surface area (Å²) in [7, 11) is 1.83. The van der Waals surface area contributed by atoms with E-state index in [4.69, 9.17) is 4.74 Å². The zero-order chi connectivity index (χ0) is 14.2. The number of ether oxygens (including phenoxy) is 1. The van der Waals surface area contributed by atoms with Crippen molar-refractivity contribution >= 4 is 0 Å². The maximum Gasteiger partial charge on any atom is 0.0595 e. The Morgan fingerprint density at radius 3 is 2.40 bits per heavy atom. The maximum absolute atomic E-state index is 5.42. The van der Waals surface area contributed by atoms with E-state index in [1.807, 2.05) is 7.11 Å². The minimum Gasteiger partial charge on any atom is -0.381 e. The topological polar surface area (TPSA) is 24.5 Å². The van der Waals surface area contributed by atoms with Gasteiger partial charge in [0.2, 0.25) is 0 Å². The summed E-state index contributed by atoms with van der Waals surface area (Å²) >= 11 is 0. The number of hydrogen-bond acceptors (Lipinski definition) is 3. The highest BCUT2D eigenvalue weighted by Gasteiger charge is 2.18. The molecule has 0 amide bonds. The predicted octanol–water partition coefficient (Wildman–Crippen LogP) is 2.45. The lowest BCUT2D eigenvalue weighted by Gasteiger charge is -2.31. The summed E-state index contributed by atoms with van der Waals surface area (Å²) in [5.41, 5.74) is 2.85. The van der Waals surface area contributed by atoms with Gasteiger partial charge in [-0.15, -0.1) is 0 Å². The number of methoxy groups -OCH3 is 1. The fourth-order valence-corrected chi connectivity index (χ4v) is 2.78.